The quantitative estimate of drug-likeness (QED) is 0.516. The first-order chi connectivity index (χ1) is 5.09. The lowest BCUT2D eigenvalue weighted by Gasteiger charge is -1.96. The van der Waals surface area contributed by atoms with E-state index < -0.39 is 5.97 Å². The summed E-state index contributed by atoms with van der Waals surface area (Å²) in [4.78, 5) is 13.8. The highest BCUT2D eigenvalue weighted by Crippen LogP contribution is 2.05. The zero-order chi connectivity index (χ0) is 8.43. The average Bonchev–Trinajstić information content (AvgIpc) is 2.09. The van der Waals surface area contributed by atoms with Crippen molar-refractivity contribution in [3.05, 3.63) is 6.20 Å². The molecule has 0 aliphatic carbocycles. The highest BCUT2D eigenvalue weighted by molar-refractivity contribution is 5.67. The number of carboxylic acids is 1. The van der Waals surface area contributed by atoms with Gasteiger partial charge in [-0.2, -0.15) is 4.98 Å². The maximum absolute atomic E-state index is 10.2. The molecule has 0 aliphatic rings. The van der Waals surface area contributed by atoms with Gasteiger partial charge in [-0.15, -0.1) is 0 Å². The molecule has 1 heterocycles. The number of nitrogen functional groups attached to an aromatic ring is 2. The van der Waals surface area contributed by atoms with E-state index in [9.17, 15) is 4.79 Å². The van der Waals surface area contributed by atoms with Crippen molar-refractivity contribution < 1.29 is 9.90 Å². The maximum atomic E-state index is 10.2. The zero-order valence-corrected chi connectivity index (χ0v) is 5.69. The molecular formula is C5H8N4O2. The number of aliphatic carboxylic acids is 1. The molecule has 0 fully saturated rings. The third-order valence-corrected chi connectivity index (χ3v) is 1.13. The van der Waals surface area contributed by atoms with E-state index in [0.29, 0.717) is 0 Å². The van der Waals surface area contributed by atoms with E-state index >= 15 is 0 Å². The summed E-state index contributed by atoms with van der Waals surface area (Å²) >= 11 is 0. The van der Waals surface area contributed by atoms with Crippen molar-refractivity contribution in [2.24, 2.45) is 0 Å². The van der Waals surface area contributed by atoms with Crippen LogP contribution < -0.4 is 11.5 Å². The molecule has 0 spiro atoms. The fourth-order valence-corrected chi connectivity index (χ4v) is 0.724. The molecule has 0 atom stereocenters. The second-order valence-electron chi connectivity index (χ2n) is 2.05. The molecule has 1 aromatic heterocycles. The smallest absolute Gasteiger partial charge is 0.323 e. The number of carboxylic acid groups (broad SMARTS) is 1. The van der Waals surface area contributed by atoms with Crippen LogP contribution in [-0.4, -0.2) is 20.6 Å². The van der Waals surface area contributed by atoms with Crippen LogP contribution in [0.25, 0.3) is 0 Å². The largest absolute Gasteiger partial charge is 0.480 e. The number of carbonyl (C=O) groups is 1. The molecule has 0 bridgehead atoms. The van der Waals surface area contributed by atoms with Gasteiger partial charge in [-0.1, -0.05) is 0 Å². The minimum atomic E-state index is -0.978. The van der Waals surface area contributed by atoms with E-state index in [2.05, 4.69) is 4.98 Å². The van der Waals surface area contributed by atoms with E-state index in [-0.39, 0.29) is 18.3 Å². The van der Waals surface area contributed by atoms with Gasteiger partial charge in [0.1, 0.15) is 12.4 Å². The molecule has 1 aromatic rings. The number of rotatable bonds is 2. The van der Waals surface area contributed by atoms with Gasteiger partial charge in [-0.05, 0) is 0 Å². The highest BCUT2D eigenvalue weighted by Gasteiger charge is 2.04. The Labute approximate surface area is 62.4 Å². The fourth-order valence-electron chi connectivity index (χ4n) is 0.724. The van der Waals surface area contributed by atoms with Crippen LogP contribution in [0, 0.1) is 0 Å². The monoisotopic (exact) mass is 156 g/mol. The molecule has 0 aliphatic heterocycles. The minimum Gasteiger partial charge on any atom is -0.480 e. The molecule has 11 heavy (non-hydrogen) atoms. The average molecular weight is 156 g/mol. The Balaban J connectivity index is 2.85. The Hall–Kier alpha value is -1.72. The van der Waals surface area contributed by atoms with Crippen molar-refractivity contribution in [3.8, 4) is 0 Å². The Morgan fingerprint density at radius 2 is 2.36 bits per heavy atom. The Kier molecular flexibility index (Phi) is 1.67. The molecule has 0 aromatic carbocycles. The van der Waals surface area contributed by atoms with E-state index in [1.807, 2.05) is 0 Å². The van der Waals surface area contributed by atoms with Gasteiger partial charge >= 0.3 is 5.97 Å². The first-order valence-corrected chi connectivity index (χ1v) is 2.89. The lowest BCUT2D eigenvalue weighted by atomic mass is 10.6. The summed E-state index contributed by atoms with van der Waals surface area (Å²) in [5.41, 5.74) is 10.5. The van der Waals surface area contributed by atoms with Crippen LogP contribution in [0.4, 0.5) is 11.8 Å². The molecule has 1 rings (SSSR count). The van der Waals surface area contributed by atoms with Gasteiger partial charge in [0, 0.05) is 6.20 Å². The number of nitrogens with zero attached hydrogens (tertiary/aromatic N) is 2. The second kappa shape index (κ2) is 2.49. The van der Waals surface area contributed by atoms with E-state index in [1.165, 1.54) is 10.8 Å². The molecule has 6 heteroatoms. The maximum Gasteiger partial charge on any atom is 0.323 e. The first kappa shape index (κ1) is 7.39. The summed E-state index contributed by atoms with van der Waals surface area (Å²) in [7, 11) is 0. The number of aromatic nitrogens is 2. The molecule has 5 N–H and O–H groups in total. The van der Waals surface area contributed by atoms with Crippen LogP contribution in [0.1, 0.15) is 0 Å². The first-order valence-electron chi connectivity index (χ1n) is 2.89. The van der Waals surface area contributed by atoms with Gasteiger partial charge in [0.15, 0.2) is 0 Å². The molecule has 0 saturated heterocycles. The minimum absolute atomic E-state index is 0.116. The van der Waals surface area contributed by atoms with Crippen molar-refractivity contribution in [2.45, 2.75) is 6.54 Å². The summed E-state index contributed by atoms with van der Waals surface area (Å²) in [5, 5.41) is 8.36. The van der Waals surface area contributed by atoms with Gasteiger partial charge in [-0.3, -0.25) is 4.79 Å². The summed E-state index contributed by atoms with van der Waals surface area (Å²) in [6, 6.07) is 0. The van der Waals surface area contributed by atoms with Gasteiger partial charge in [0.05, 0.1) is 0 Å². The predicted molar refractivity (Wildman–Crippen MR) is 38.7 cm³/mol. The van der Waals surface area contributed by atoms with Crippen LogP contribution in [0.5, 0.6) is 0 Å². The summed E-state index contributed by atoms with van der Waals surface area (Å²) < 4.78 is 1.26. The molecule has 0 saturated carbocycles. The standard InChI is InChI=1S/C5H8N4O2/c6-3-1-9(2-4(10)11)5(7)8-3/h1H,2,6H2,(H2,7,8)(H,10,11). The Morgan fingerprint density at radius 1 is 1.73 bits per heavy atom. The van der Waals surface area contributed by atoms with Crippen LogP contribution >= 0.6 is 0 Å². The molecule has 6 nitrogen and oxygen atoms in total. The van der Waals surface area contributed by atoms with Gasteiger partial charge in [-0.25, -0.2) is 0 Å². The van der Waals surface area contributed by atoms with Crippen LogP contribution in [-0.2, 0) is 11.3 Å². The molecule has 0 radical (unpaired) electrons. The lowest BCUT2D eigenvalue weighted by molar-refractivity contribution is -0.137. The van der Waals surface area contributed by atoms with E-state index in [0.717, 1.165) is 0 Å². The van der Waals surface area contributed by atoms with Gasteiger partial charge < -0.3 is 21.1 Å². The molecular weight excluding hydrogens is 148 g/mol. The molecule has 60 valence electrons. The molecule has 0 amide bonds. The number of hydrogen-bond acceptors (Lipinski definition) is 4. The summed E-state index contributed by atoms with van der Waals surface area (Å²) in [6.07, 6.45) is 1.38. The number of imidazole rings is 1. The zero-order valence-electron chi connectivity index (χ0n) is 5.69. The van der Waals surface area contributed by atoms with Crippen molar-refractivity contribution >= 4 is 17.7 Å². The van der Waals surface area contributed by atoms with Crippen molar-refractivity contribution in [2.75, 3.05) is 11.5 Å². The van der Waals surface area contributed by atoms with E-state index in [4.69, 9.17) is 16.6 Å². The number of nitrogens with two attached hydrogens (primary N) is 2. The van der Waals surface area contributed by atoms with Crippen LogP contribution in [0.3, 0.4) is 0 Å². The van der Waals surface area contributed by atoms with Crippen molar-refractivity contribution in [1.29, 1.82) is 0 Å². The van der Waals surface area contributed by atoms with Crippen molar-refractivity contribution in [3.63, 3.8) is 0 Å². The number of hydrogen-bond donors (Lipinski definition) is 3. The molecule has 0 unspecified atom stereocenters. The van der Waals surface area contributed by atoms with Crippen LogP contribution in [0.15, 0.2) is 6.20 Å². The third-order valence-electron chi connectivity index (χ3n) is 1.13. The predicted octanol–water partition coefficient (Wildman–Crippen LogP) is -0.868. The van der Waals surface area contributed by atoms with E-state index in [1.54, 1.807) is 0 Å². The van der Waals surface area contributed by atoms with Crippen molar-refractivity contribution in [1.82, 2.24) is 9.55 Å². The highest BCUT2D eigenvalue weighted by atomic mass is 16.4. The SMILES string of the molecule is Nc1cn(CC(=O)O)c(N)n1. The third kappa shape index (κ3) is 1.60. The Bertz CT molecular complexity index is 280. The van der Waals surface area contributed by atoms with Crippen LogP contribution in [0.2, 0.25) is 0 Å². The number of anilines is 2. The summed E-state index contributed by atoms with van der Waals surface area (Å²) in [5.74, 6) is -0.636. The van der Waals surface area contributed by atoms with Gasteiger partial charge in [0.2, 0.25) is 5.95 Å². The Morgan fingerprint density at radius 3 is 2.73 bits per heavy atom. The lowest BCUT2D eigenvalue weighted by Crippen LogP contribution is -2.10. The fraction of sp³-hybridized carbons (Fsp3) is 0.200. The normalized spacial score (nSPS) is 9.82. The topological polar surface area (TPSA) is 107 Å². The van der Waals surface area contributed by atoms with Gasteiger partial charge in [0.25, 0.3) is 0 Å². The second-order valence-corrected chi connectivity index (χ2v) is 2.05. The summed E-state index contributed by atoms with van der Waals surface area (Å²) in [6.45, 7) is -0.212.